The molecular formula is C16H19N3O2. The molecule has 1 fully saturated rings. The van der Waals surface area contributed by atoms with Crippen LogP contribution in [0.4, 0.5) is 0 Å². The Balaban J connectivity index is 1.57. The molecule has 5 heteroatoms. The summed E-state index contributed by atoms with van der Waals surface area (Å²) in [6, 6.07) is 8.20. The van der Waals surface area contributed by atoms with E-state index in [0.29, 0.717) is 13.1 Å². The fraction of sp³-hybridized carbons (Fsp3) is 0.375. The van der Waals surface area contributed by atoms with Gasteiger partial charge in [-0.15, -0.1) is 0 Å². The van der Waals surface area contributed by atoms with Gasteiger partial charge in [-0.25, -0.2) is 0 Å². The number of rotatable bonds is 5. The van der Waals surface area contributed by atoms with Crippen molar-refractivity contribution < 1.29 is 9.59 Å². The van der Waals surface area contributed by atoms with E-state index in [1.807, 2.05) is 18.3 Å². The van der Waals surface area contributed by atoms with Gasteiger partial charge in [0.2, 0.25) is 11.8 Å². The molecule has 1 aromatic carbocycles. The number of benzene rings is 1. The summed E-state index contributed by atoms with van der Waals surface area (Å²) in [4.78, 5) is 28.0. The SMILES string of the molecule is NC(=O)C1CC(=O)N(CCCc2c[nH]c3ccccc23)C1. The normalized spacial score (nSPS) is 18.6. The molecule has 2 aromatic rings. The lowest BCUT2D eigenvalue weighted by molar-refractivity contribution is -0.128. The number of carbonyl (C=O) groups is 2. The zero-order valence-electron chi connectivity index (χ0n) is 11.8. The number of amides is 2. The molecule has 2 heterocycles. The van der Waals surface area contributed by atoms with Gasteiger partial charge in [-0.05, 0) is 24.5 Å². The Labute approximate surface area is 123 Å². The second kappa shape index (κ2) is 5.60. The number of hydrogen-bond acceptors (Lipinski definition) is 2. The molecular weight excluding hydrogens is 266 g/mol. The molecule has 0 radical (unpaired) electrons. The van der Waals surface area contributed by atoms with E-state index in [1.165, 1.54) is 10.9 Å². The first kappa shape index (κ1) is 13.7. The molecule has 2 amide bonds. The van der Waals surface area contributed by atoms with E-state index in [9.17, 15) is 9.59 Å². The first-order chi connectivity index (χ1) is 10.1. The number of aromatic amines is 1. The van der Waals surface area contributed by atoms with Crippen LogP contribution in [0, 0.1) is 5.92 Å². The van der Waals surface area contributed by atoms with Crippen LogP contribution in [0.1, 0.15) is 18.4 Å². The van der Waals surface area contributed by atoms with Gasteiger partial charge in [0.25, 0.3) is 0 Å². The second-order valence-electron chi connectivity index (χ2n) is 5.61. The highest BCUT2D eigenvalue weighted by Crippen LogP contribution is 2.21. The standard InChI is InChI=1S/C16H19N3O2/c17-16(21)12-8-15(20)19(10-12)7-3-4-11-9-18-14-6-2-1-5-13(11)14/h1-2,5-6,9,12,18H,3-4,7-8,10H2,(H2,17,21). The van der Waals surface area contributed by atoms with E-state index in [4.69, 9.17) is 5.73 Å². The molecule has 3 rings (SSSR count). The van der Waals surface area contributed by atoms with Gasteiger partial charge in [-0.3, -0.25) is 9.59 Å². The molecule has 0 aliphatic carbocycles. The smallest absolute Gasteiger partial charge is 0.223 e. The van der Waals surface area contributed by atoms with Crippen molar-refractivity contribution >= 4 is 22.7 Å². The molecule has 1 aliphatic rings. The lowest BCUT2D eigenvalue weighted by Crippen LogP contribution is -2.29. The van der Waals surface area contributed by atoms with Crippen LogP contribution in [0.25, 0.3) is 10.9 Å². The Morgan fingerprint density at radius 3 is 2.95 bits per heavy atom. The zero-order valence-corrected chi connectivity index (χ0v) is 11.8. The van der Waals surface area contributed by atoms with Crippen LogP contribution in [-0.2, 0) is 16.0 Å². The van der Waals surface area contributed by atoms with E-state index < -0.39 is 0 Å². The number of H-pyrrole nitrogens is 1. The van der Waals surface area contributed by atoms with Crippen molar-refractivity contribution in [3.63, 3.8) is 0 Å². The van der Waals surface area contributed by atoms with Gasteiger partial charge in [-0.2, -0.15) is 0 Å². The van der Waals surface area contributed by atoms with Gasteiger partial charge in [-0.1, -0.05) is 18.2 Å². The number of likely N-dealkylation sites (tertiary alicyclic amines) is 1. The van der Waals surface area contributed by atoms with Gasteiger partial charge < -0.3 is 15.6 Å². The Bertz CT molecular complexity index is 677. The number of aryl methyl sites for hydroxylation is 1. The van der Waals surface area contributed by atoms with Gasteiger partial charge in [0.05, 0.1) is 5.92 Å². The Morgan fingerprint density at radius 1 is 1.38 bits per heavy atom. The lowest BCUT2D eigenvalue weighted by atomic mass is 10.1. The van der Waals surface area contributed by atoms with Crippen molar-refractivity contribution in [2.24, 2.45) is 11.7 Å². The average Bonchev–Trinajstić information content (AvgIpc) is 3.04. The van der Waals surface area contributed by atoms with E-state index in [-0.39, 0.29) is 24.2 Å². The molecule has 1 aromatic heterocycles. The van der Waals surface area contributed by atoms with Gasteiger partial charge >= 0.3 is 0 Å². The number of nitrogens with zero attached hydrogens (tertiary/aromatic N) is 1. The predicted molar refractivity (Wildman–Crippen MR) is 80.5 cm³/mol. The number of primary amides is 1. The zero-order chi connectivity index (χ0) is 14.8. The van der Waals surface area contributed by atoms with Crippen LogP contribution >= 0.6 is 0 Å². The maximum atomic E-state index is 11.8. The number of hydrogen-bond donors (Lipinski definition) is 2. The molecule has 1 aliphatic heterocycles. The number of fused-ring (bicyclic) bond motifs is 1. The largest absolute Gasteiger partial charge is 0.369 e. The monoisotopic (exact) mass is 285 g/mol. The highest BCUT2D eigenvalue weighted by Gasteiger charge is 2.32. The van der Waals surface area contributed by atoms with Crippen molar-refractivity contribution in [1.82, 2.24) is 9.88 Å². The van der Waals surface area contributed by atoms with Gasteiger partial charge in [0.1, 0.15) is 0 Å². The molecule has 110 valence electrons. The number of aromatic nitrogens is 1. The molecule has 3 N–H and O–H groups in total. The summed E-state index contributed by atoms with van der Waals surface area (Å²) in [7, 11) is 0. The number of para-hydroxylation sites is 1. The van der Waals surface area contributed by atoms with Crippen LogP contribution in [0.15, 0.2) is 30.5 Å². The van der Waals surface area contributed by atoms with Crippen molar-refractivity contribution in [2.75, 3.05) is 13.1 Å². The molecule has 0 bridgehead atoms. The van der Waals surface area contributed by atoms with E-state index >= 15 is 0 Å². The van der Waals surface area contributed by atoms with Crippen LogP contribution in [-0.4, -0.2) is 34.8 Å². The minimum absolute atomic E-state index is 0.0396. The summed E-state index contributed by atoms with van der Waals surface area (Å²) in [5.41, 5.74) is 7.67. The second-order valence-corrected chi connectivity index (χ2v) is 5.61. The predicted octanol–water partition coefficient (Wildman–Crippen LogP) is 1.43. The average molecular weight is 285 g/mol. The topological polar surface area (TPSA) is 79.2 Å². The molecule has 21 heavy (non-hydrogen) atoms. The molecule has 1 unspecified atom stereocenters. The molecule has 0 spiro atoms. The third-order valence-electron chi connectivity index (χ3n) is 4.17. The summed E-state index contributed by atoms with van der Waals surface area (Å²) < 4.78 is 0. The fourth-order valence-electron chi connectivity index (χ4n) is 2.98. The van der Waals surface area contributed by atoms with Crippen molar-refractivity contribution in [3.05, 3.63) is 36.0 Å². The molecule has 5 nitrogen and oxygen atoms in total. The first-order valence-electron chi connectivity index (χ1n) is 7.27. The number of nitrogens with one attached hydrogen (secondary N) is 1. The van der Waals surface area contributed by atoms with E-state index in [2.05, 4.69) is 17.1 Å². The summed E-state index contributed by atoms with van der Waals surface area (Å²) in [6.45, 7) is 1.16. The Kier molecular flexibility index (Phi) is 3.64. The number of carbonyl (C=O) groups excluding carboxylic acids is 2. The summed E-state index contributed by atoms with van der Waals surface area (Å²) in [6.07, 6.45) is 4.10. The quantitative estimate of drug-likeness (QED) is 0.871. The Morgan fingerprint density at radius 2 is 2.19 bits per heavy atom. The lowest BCUT2D eigenvalue weighted by Gasteiger charge is -2.15. The summed E-state index contributed by atoms with van der Waals surface area (Å²) >= 11 is 0. The third-order valence-corrected chi connectivity index (χ3v) is 4.17. The van der Waals surface area contributed by atoms with Crippen molar-refractivity contribution in [2.45, 2.75) is 19.3 Å². The van der Waals surface area contributed by atoms with Crippen molar-refractivity contribution in [1.29, 1.82) is 0 Å². The minimum Gasteiger partial charge on any atom is -0.369 e. The first-order valence-corrected chi connectivity index (χ1v) is 7.27. The van der Waals surface area contributed by atoms with Crippen LogP contribution < -0.4 is 5.73 Å². The van der Waals surface area contributed by atoms with Gasteiger partial charge in [0, 0.05) is 36.6 Å². The highest BCUT2D eigenvalue weighted by molar-refractivity contribution is 5.88. The third kappa shape index (κ3) is 2.77. The molecule has 1 atom stereocenters. The minimum atomic E-state index is -0.373. The molecule has 1 saturated heterocycles. The van der Waals surface area contributed by atoms with Crippen molar-refractivity contribution in [3.8, 4) is 0 Å². The maximum Gasteiger partial charge on any atom is 0.223 e. The fourth-order valence-corrected chi connectivity index (χ4v) is 2.98. The van der Waals surface area contributed by atoms with Crippen LogP contribution in [0.2, 0.25) is 0 Å². The van der Waals surface area contributed by atoms with Crippen LogP contribution in [0.5, 0.6) is 0 Å². The van der Waals surface area contributed by atoms with E-state index in [0.717, 1.165) is 18.4 Å². The highest BCUT2D eigenvalue weighted by atomic mass is 16.2. The van der Waals surface area contributed by atoms with Gasteiger partial charge in [0.15, 0.2) is 0 Å². The Hall–Kier alpha value is -2.30. The van der Waals surface area contributed by atoms with E-state index in [1.54, 1.807) is 4.90 Å². The molecule has 0 saturated carbocycles. The summed E-state index contributed by atoms with van der Waals surface area (Å²) in [5, 5.41) is 1.24. The summed E-state index contributed by atoms with van der Waals surface area (Å²) in [5.74, 6) is -0.647. The number of nitrogens with two attached hydrogens (primary N) is 1. The maximum absolute atomic E-state index is 11.8. The van der Waals surface area contributed by atoms with Crippen LogP contribution in [0.3, 0.4) is 0 Å².